The molecule has 1 fully saturated rings. The average Bonchev–Trinajstić information content (AvgIpc) is 2.35. The summed E-state index contributed by atoms with van der Waals surface area (Å²) < 4.78 is 25.1. The average molecular weight is 278 g/mol. The van der Waals surface area contributed by atoms with E-state index in [9.17, 15) is 18.0 Å². The minimum absolute atomic E-state index is 0.278. The predicted octanol–water partition coefficient (Wildman–Crippen LogP) is -0.609. The Morgan fingerprint density at radius 1 is 1.39 bits per heavy atom. The van der Waals surface area contributed by atoms with E-state index in [1.54, 1.807) is 0 Å². The highest BCUT2D eigenvalue weighted by molar-refractivity contribution is 7.89. The van der Waals surface area contributed by atoms with Crippen LogP contribution in [-0.2, 0) is 19.6 Å². The highest BCUT2D eigenvalue weighted by atomic mass is 32.2. The summed E-state index contributed by atoms with van der Waals surface area (Å²) in [5, 5.41) is 11.0. The third-order valence-corrected chi connectivity index (χ3v) is 4.81. The number of carboxylic acid groups (broad SMARTS) is 1. The van der Waals surface area contributed by atoms with Crippen LogP contribution in [0.5, 0.6) is 0 Å². The molecule has 2 N–H and O–H groups in total. The summed E-state index contributed by atoms with van der Waals surface area (Å²) in [5.74, 6) is -1.96. The van der Waals surface area contributed by atoms with Crippen molar-refractivity contribution < 1.29 is 23.1 Å². The number of carboxylic acids is 1. The molecule has 0 aliphatic carbocycles. The molecule has 1 rings (SSSR count). The number of piperidine rings is 1. The van der Waals surface area contributed by atoms with Gasteiger partial charge in [-0.05, 0) is 12.8 Å². The van der Waals surface area contributed by atoms with Crippen molar-refractivity contribution in [2.45, 2.75) is 31.7 Å². The number of aliphatic carboxylic acids is 1. The first-order valence-corrected chi connectivity index (χ1v) is 7.42. The molecule has 7 nitrogen and oxygen atoms in total. The van der Waals surface area contributed by atoms with Crippen molar-refractivity contribution in [1.82, 2.24) is 9.62 Å². The van der Waals surface area contributed by atoms with Gasteiger partial charge in [0.2, 0.25) is 15.9 Å². The number of carbonyl (C=O) groups excluding carboxylic acids is 1. The largest absolute Gasteiger partial charge is 0.481 e. The lowest BCUT2D eigenvalue weighted by Gasteiger charge is -2.33. The normalized spacial score (nSPS) is 21.5. The van der Waals surface area contributed by atoms with E-state index in [4.69, 9.17) is 5.11 Å². The lowest BCUT2D eigenvalue weighted by atomic mass is 10.0. The maximum absolute atomic E-state index is 12.0. The number of likely N-dealkylation sites (N-methyl/N-ethyl adjacent to an activating group) is 1. The van der Waals surface area contributed by atoms with Crippen molar-refractivity contribution in [2.24, 2.45) is 0 Å². The number of rotatable bonds is 5. The third-order valence-electron chi connectivity index (χ3n) is 2.93. The van der Waals surface area contributed by atoms with Crippen LogP contribution in [0, 0.1) is 0 Å². The first kappa shape index (κ1) is 14.9. The van der Waals surface area contributed by atoms with Gasteiger partial charge in [-0.25, -0.2) is 8.42 Å². The molecule has 1 heterocycles. The van der Waals surface area contributed by atoms with Crippen LogP contribution in [0.3, 0.4) is 0 Å². The molecule has 0 aromatic rings. The van der Waals surface area contributed by atoms with Gasteiger partial charge in [0, 0.05) is 13.6 Å². The number of sulfonamides is 1. The molecule has 0 aromatic carbocycles. The van der Waals surface area contributed by atoms with Gasteiger partial charge >= 0.3 is 5.97 Å². The smallest absolute Gasteiger partial charge is 0.304 e. The van der Waals surface area contributed by atoms with Gasteiger partial charge in [-0.15, -0.1) is 0 Å². The van der Waals surface area contributed by atoms with Crippen LogP contribution in [-0.4, -0.2) is 55.1 Å². The Hall–Kier alpha value is -1.15. The van der Waals surface area contributed by atoms with E-state index in [2.05, 4.69) is 5.32 Å². The second-order valence-corrected chi connectivity index (χ2v) is 6.24. The summed E-state index contributed by atoms with van der Waals surface area (Å²) in [7, 11) is -2.23. The number of hydrogen-bond donors (Lipinski definition) is 2. The number of nitrogens with zero attached hydrogens (tertiary/aromatic N) is 1. The van der Waals surface area contributed by atoms with E-state index in [-0.39, 0.29) is 12.5 Å². The molecule has 0 bridgehead atoms. The zero-order valence-electron chi connectivity index (χ0n) is 10.3. The monoisotopic (exact) mass is 278 g/mol. The van der Waals surface area contributed by atoms with Gasteiger partial charge < -0.3 is 10.4 Å². The van der Waals surface area contributed by atoms with Gasteiger partial charge in [0.15, 0.2) is 0 Å². The highest BCUT2D eigenvalue weighted by Crippen LogP contribution is 2.21. The molecule has 1 amide bonds. The maximum atomic E-state index is 12.0. The lowest BCUT2D eigenvalue weighted by Crippen LogP contribution is -2.51. The zero-order valence-corrected chi connectivity index (χ0v) is 11.1. The van der Waals surface area contributed by atoms with E-state index in [1.807, 2.05) is 0 Å². The molecular weight excluding hydrogens is 260 g/mol. The van der Waals surface area contributed by atoms with Gasteiger partial charge in [-0.2, -0.15) is 4.31 Å². The van der Waals surface area contributed by atoms with Crippen molar-refractivity contribution in [3.63, 3.8) is 0 Å². The Morgan fingerprint density at radius 3 is 2.61 bits per heavy atom. The summed E-state index contributed by atoms with van der Waals surface area (Å²) in [6, 6.07) is -0.706. The van der Waals surface area contributed by atoms with Crippen molar-refractivity contribution in [1.29, 1.82) is 0 Å². The fourth-order valence-electron chi connectivity index (χ4n) is 2.00. The Kier molecular flexibility index (Phi) is 5.09. The summed E-state index contributed by atoms with van der Waals surface area (Å²) in [6.07, 6.45) is 1.52. The number of nitrogens with one attached hydrogen (secondary N) is 1. The standard InChI is InChI=1S/C10H18N2O5S/c1-11-10(15)8-4-2-3-6-12(8)18(16,17)7-5-9(13)14/h8H,2-7H2,1H3,(H,11,15)(H,13,14). The molecule has 1 unspecified atom stereocenters. The van der Waals surface area contributed by atoms with E-state index in [0.29, 0.717) is 12.8 Å². The van der Waals surface area contributed by atoms with Crippen LogP contribution in [0.15, 0.2) is 0 Å². The summed E-state index contributed by atoms with van der Waals surface area (Å²) in [4.78, 5) is 22.1. The predicted molar refractivity (Wildman–Crippen MR) is 64.5 cm³/mol. The molecule has 8 heteroatoms. The Labute approximate surface area is 106 Å². The van der Waals surface area contributed by atoms with E-state index < -0.39 is 34.2 Å². The Balaban J connectivity index is 2.82. The van der Waals surface area contributed by atoms with E-state index in [1.165, 1.54) is 7.05 Å². The van der Waals surface area contributed by atoms with Gasteiger partial charge in [0.05, 0.1) is 12.2 Å². The van der Waals surface area contributed by atoms with Crippen molar-refractivity contribution in [3.05, 3.63) is 0 Å². The molecule has 1 atom stereocenters. The van der Waals surface area contributed by atoms with Crippen LogP contribution in [0.1, 0.15) is 25.7 Å². The summed E-state index contributed by atoms with van der Waals surface area (Å²) in [5.41, 5.74) is 0. The molecule has 18 heavy (non-hydrogen) atoms. The van der Waals surface area contributed by atoms with Crippen molar-refractivity contribution >= 4 is 21.9 Å². The minimum Gasteiger partial charge on any atom is -0.481 e. The fraction of sp³-hybridized carbons (Fsp3) is 0.800. The Bertz CT molecular complexity index is 420. The lowest BCUT2D eigenvalue weighted by molar-refractivity contribution is -0.136. The topological polar surface area (TPSA) is 104 Å². The fourth-order valence-corrected chi connectivity index (χ4v) is 3.66. The summed E-state index contributed by atoms with van der Waals surface area (Å²) in [6.45, 7) is 0.278. The van der Waals surface area contributed by atoms with Crippen LogP contribution >= 0.6 is 0 Å². The van der Waals surface area contributed by atoms with Crippen molar-refractivity contribution in [3.8, 4) is 0 Å². The second kappa shape index (κ2) is 6.14. The van der Waals surface area contributed by atoms with Crippen molar-refractivity contribution in [2.75, 3.05) is 19.3 Å². The first-order chi connectivity index (χ1) is 8.38. The molecular formula is C10H18N2O5S. The SMILES string of the molecule is CNC(=O)C1CCCCN1S(=O)(=O)CCC(=O)O. The number of hydrogen-bond acceptors (Lipinski definition) is 4. The van der Waals surface area contributed by atoms with Gasteiger partial charge in [-0.3, -0.25) is 9.59 Å². The Morgan fingerprint density at radius 2 is 2.06 bits per heavy atom. The van der Waals surface area contributed by atoms with E-state index in [0.717, 1.165) is 10.7 Å². The van der Waals surface area contributed by atoms with Crippen LogP contribution in [0.2, 0.25) is 0 Å². The molecule has 0 saturated carbocycles. The second-order valence-electron chi connectivity index (χ2n) is 4.20. The van der Waals surface area contributed by atoms with Crippen LogP contribution in [0.25, 0.3) is 0 Å². The van der Waals surface area contributed by atoms with Gasteiger partial charge in [-0.1, -0.05) is 6.42 Å². The molecule has 1 aliphatic rings. The summed E-state index contributed by atoms with van der Waals surface area (Å²) >= 11 is 0. The molecule has 1 saturated heterocycles. The van der Waals surface area contributed by atoms with Crippen LogP contribution < -0.4 is 5.32 Å². The molecule has 1 aliphatic heterocycles. The number of amides is 1. The minimum atomic E-state index is -3.69. The van der Waals surface area contributed by atoms with Crippen LogP contribution in [0.4, 0.5) is 0 Å². The highest BCUT2D eigenvalue weighted by Gasteiger charge is 2.36. The number of carbonyl (C=O) groups is 2. The molecule has 0 radical (unpaired) electrons. The van der Waals surface area contributed by atoms with Gasteiger partial charge in [0.1, 0.15) is 6.04 Å². The first-order valence-electron chi connectivity index (χ1n) is 5.81. The van der Waals surface area contributed by atoms with E-state index >= 15 is 0 Å². The molecule has 0 aromatic heterocycles. The molecule has 104 valence electrons. The zero-order chi connectivity index (χ0) is 13.8. The quantitative estimate of drug-likeness (QED) is 0.698. The third kappa shape index (κ3) is 3.67. The van der Waals surface area contributed by atoms with Gasteiger partial charge in [0.25, 0.3) is 0 Å². The maximum Gasteiger partial charge on any atom is 0.304 e. The molecule has 0 spiro atoms.